The van der Waals surface area contributed by atoms with Crippen molar-refractivity contribution in [2.24, 2.45) is 0 Å². The van der Waals surface area contributed by atoms with Crippen LogP contribution in [0, 0.1) is 6.92 Å². The van der Waals surface area contributed by atoms with Crippen molar-refractivity contribution in [3.05, 3.63) is 42.0 Å². The molecule has 0 atom stereocenters. The molecular formula is C16H17N3O2. The second-order valence-electron chi connectivity index (χ2n) is 4.80. The molecule has 0 spiro atoms. The Labute approximate surface area is 122 Å². The molecule has 108 valence electrons. The number of hydrogen-bond donors (Lipinski definition) is 2. The van der Waals surface area contributed by atoms with Gasteiger partial charge in [-0.25, -0.2) is 4.98 Å². The molecule has 0 aliphatic heterocycles. The number of ether oxygens (including phenoxy) is 2. The number of hydrogen-bond acceptors (Lipinski definition) is 4. The third kappa shape index (κ3) is 2.63. The lowest BCUT2D eigenvalue weighted by atomic mass is 10.2. The van der Waals surface area contributed by atoms with Crippen molar-refractivity contribution in [1.29, 1.82) is 0 Å². The van der Waals surface area contributed by atoms with Crippen LogP contribution in [0.1, 0.15) is 5.56 Å². The summed E-state index contributed by atoms with van der Waals surface area (Å²) in [6.07, 6.45) is 0. The van der Waals surface area contributed by atoms with E-state index in [2.05, 4.69) is 28.3 Å². The number of aromatic nitrogens is 2. The zero-order valence-corrected chi connectivity index (χ0v) is 12.2. The molecule has 0 aliphatic carbocycles. The van der Waals surface area contributed by atoms with Gasteiger partial charge >= 0.3 is 0 Å². The molecule has 1 aromatic heterocycles. The van der Waals surface area contributed by atoms with Crippen LogP contribution in [0.25, 0.3) is 11.0 Å². The molecule has 2 N–H and O–H groups in total. The fraction of sp³-hybridized carbons (Fsp3) is 0.188. The molecular weight excluding hydrogens is 266 g/mol. The lowest BCUT2D eigenvalue weighted by Gasteiger charge is -2.10. The highest BCUT2D eigenvalue weighted by molar-refractivity contribution is 5.79. The van der Waals surface area contributed by atoms with Crippen LogP contribution in [0.5, 0.6) is 11.5 Å². The Bertz CT molecular complexity index is 780. The van der Waals surface area contributed by atoms with Crippen LogP contribution in [0.15, 0.2) is 36.4 Å². The molecule has 0 radical (unpaired) electrons. The van der Waals surface area contributed by atoms with E-state index in [4.69, 9.17) is 9.47 Å². The van der Waals surface area contributed by atoms with Crippen molar-refractivity contribution in [3.8, 4) is 11.5 Å². The summed E-state index contributed by atoms with van der Waals surface area (Å²) in [7, 11) is 3.27. The highest BCUT2D eigenvalue weighted by Crippen LogP contribution is 2.31. The monoisotopic (exact) mass is 283 g/mol. The Balaban J connectivity index is 1.97. The van der Waals surface area contributed by atoms with Gasteiger partial charge in [-0.05, 0) is 36.8 Å². The van der Waals surface area contributed by atoms with E-state index in [0.717, 1.165) is 28.2 Å². The van der Waals surface area contributed by atoms with Gasteiger partial charge in [0, 0.05) is 6.07 Å². The van der Waals surface area contributed by atoms with E-state index in [1.54, 1.807) is 14.2 Å². The van der Waals surface area contributed by atoms with Gasteiger partial charge in [-0.15, -0.1) is 0 Å². The first-order valence-electron chi connectivity index (χ1n) is 6.65. The number of H-pyrrole nitrogens is 1. The summed E-state index contributed by atoms with van der Waals surface area (Å²) in [5.41, 5.74) is 3.91. The standard InChI is InChI=1S/C16H17N3O2/c1-10-4-6-12-13(8-10)18-16(17-12)19-14-9-11(20-2)5-7-15(14)21-3/h4-9H,1-3H3,(H2,17,18,19). The van der Waals surface area contributed by atoms with E-state index in [1.165, 1.54) is 5.56 Å². The van der Waals surface area contributed by atoms with Crippen molar-refractivity contribution in [3.63, 3.8) is 0 Å². The number of benzene rings is 2. The molecule has 2 aromatic carbocycles. The number of nitrogens with zero attached hydrogens (tertiary/aromatic N) is 1. The Morgan fingerprint density at radius 3 is 2.67 bits per heavy atom. The van der Waals surface area contributed by atoms with Crippen LogP contribution < -0.4 is 14.8 Å². The number of fused-ring (bicyclic) bond motifs is 1. The van der Waals surface area contributed by atoms with E-state index in [0.29, 0.717) is 5.95 Å². The van der Waals surface area contributed by atoms with Crippen molar-refractivity contribution >= 4 is 22.7 Å². The van der Waals surface area contributed by atoms with Crippen molar-refractivity contribution in [2.45, 2.75) is 6.92 Å². The summed E-state index contributed by atoms with van der Waals surface area (Å²) >= 11 is 0. The van der Waals surface area contributed by atoms with Crippen LogP contribution >= 0.6 is 0 Å². The Morgan fingerprint density at radius 1 is 1.05 bits per heavy atom. The van der Waals surface area contributed by atoms with Gasteiger partial charge in [0.05, 0.1) is 30.9 Å². The number of nitrogens with one attached hydrogen (secondary N) is 2. The van der Waals surface area contributed by atoms with Gasteiger partial charge in [0.15, 0.2) is 0 Å². The molecule has 5 heteroatoms. The van der Waals surface area contributed by atoms with Crippen molar-refractivity contribution in [1.82, 2.24) is 9.97 Å². The summed E-state index contributed by atoms with van der Waals surface area (Å²) in [6, 6.07) is 11.7. The minimum absolute atomic E-state index is 0.669. The Morgan fingerprint density at radius 2 is 1.90 bits per heavy atom. The molecule has 0 fully saturated rings. The van der Waals surface area contributed by atoms with Gasteiger partial charge in [0.25, 0.3) is 0 Å². The van der Waals surface area contributed by atoms with Crippen LogP contribution in [0.4, 0.5) is 11.6 Å². The maximum atomic E-state index is 5.35. The van der Waals surface area contributed by atoms with E-state index in [1.807, 2.05) is 30.3 Å². The Kier molecular flexibility index (Phi) is 3.39. The average Bonchev–Trinajstić information content (AvgIpc) is 2.88. The van der Waals surface area contributed by atoms with Crippen LogP contribution in [-0.2, 0) is 0 Å². The lowest BCUT2D eigenvalue weighted by Crippen LogP contribution is -1.97. The predicted octanol–water partition coefficient (Wildman–Crippen LogP) is 3.63. The number of rotatable bonds is 4. The van der Waals surface area contributed by atoms with Crippen LogP contribution in [0.3, 0.4) is 0 Å². The average molecular weight is 283 g/mol. The number of aromatic amines is 1. The number of imidazole rings is 1. The first-order valence-corrected chi connectivity index (χ1v) is 6.65. The SMILES string of the molecule is COc1ccc(OC)c(Nc2nc3ccc(C)cc3[nH]2)c1. The van der Waals surface area contributed by atoms with Crippen molar-refractivity contribution < 1.29 is 9.47 Å². The summed E-state index contributed by atoms with van der Waals surface area (Å²) in [6.45, 7) is 2.05. The van der Waals surface area contributed by atoms with E-state index < -0.39 is 0 Å². The van der Waals surface area contributed by atoms with Crippen LogP contribution in [0.2, 0.25) is 0 Å². The molecule has 5 nitrogen and oxygen atoms in total. The number of anilines is 2. The molecule has 3 aromatic rings. The first kappa shape index (κ1) is 13.3. The summed E-state index contributed by atoms with van der Waals surface area (Å²) in [4.78, 5) is 7.77. The normalized spacial score (nSPS) is 10.6. The van der Waals surface area contributed by atoms with Gasteiger partial charge in [-0.1, -0.05) is 6.07 Å². The molecule has 0 bridgehead atoms. The largest absolute Gasteiger partial charge is 0.497 e. The van der Waals surface area contributed by atoms with E-state index >= 15 is 0 Å². The number of aryl methyl sites for hydroxylation is 1. The summed E-state index contributed by atoms with van der Waals surface area (Å²) in [5, 5.41) is 3.24. The quantitative estimate of drug-likeness (QED) is 0.767. The molecule has 1 heterocycles. The van der Waals surface area contributed by atoms with Gasteiger partial charge < -0.3 is 19.8 Å². The third-order valence-corrected chi connectivity index (χ3v) is 3.30. The van der Waals surface area contributed by atoms with Gasteiger partial charge in [0.2, 0.25) is 5.95 Å². The fourth-order valence-electron chi connectivity index (χ4n) is 2.22. The predicted molar refractivity (Wildman–Crippen MR) is 83.7 cm³/mol. The Hall–Kier alpha value is -2.69. The topological polar surface area (TPSA) is 59.2 Å². The lowest BCUT2D eigenvalue weighted by molar-refractivity contribution is 0.405. The number of methoxy groups -OCH3 is 2. The molecule has 0 saturated heterocycles. The second kappa shape index (κ2) is 5.36. The maximum Gasteiger partial charge on any atom is 0.205 e. The smallest absolute Gasteiger partial charge is 0.205 e. The van der Waals surface area contributed by atoms with Crippen molar-refractivity contribution in [2.75, 3.05) is 19.5 Å². The second-order valence-corrected chi connectivity index (χ2v) is 4.80. The molecule has 0 amide bonds. The summed E-state index contributed by atoms with van der Waals surface area (Å²) in [5.74, 6) is 2.15. The zero-order valence-electron chi connectivity index (χ0n) is 12.2. The third-order valence-electron chi connectivity index (χ3n) is 3.30. The van der Waals surface area contributed by atoms with Crippen LogP contribution in [-0.4, -0.2) is 24.2 Å². The molecule has 0 saturated carbocycles. The van der Waals surface area contributed by atoms with Gasteiger partial charge in [-0.3, -0.25) is 0 Å². The minimum atomic E-state index is 0.669. The highest BCUT2D eigenvalue weighted by atomic mass is 16.5. The fourth-order valence-corrected chi connectivity index (χ4v) is 2.22. The van der Waals surface area contributed by atoms with Gasteiger partial charge in [0.1, 0.15) is 11.5 Å². The molecule has 0 unspecified atom stereocenters. The molecule has 3 rings (SSSR count). The zero-order chi connectivity index (χ0) is 14.8. The minimum Gasteiger partial charge on any atom is -0.497 e. The summed E-state index contributed by atoms with van der Waals surface area (Å²) < 4.78 is 10.6. The highest BCUT2D eigenvalue weighted by Gasteiger charge is 2.08. The first-order chi connectivity index (χ1) is 10.2. The van der Waals surface area contributed by atoms with E-state index in [-0.39, 0.29) is 0 Å². The van der Waals surface area contributed by atoms with E-state index in [9.17, 15) is 0 Å². The molecule has 21 heavy (non-hydrogen) atoms. The maximum absolute atomic E-state index is 5.35. The molecule has 0 aliphatic rings. The van der Waals surface area contributed by atoms with Gasteiger partial charge in [-0.2, -0.15) is 0 Å².